The van der Waals surface area contributed by atoms with Gasteiger partial charge in [-0.05, 0) is 61.1 Å². The lowest BCUT2D eigenvalue weighted by Crippen LogP contribution is -2.40. The number of primary sulfonamides is 1. The molecule has 3 aromatic carbocycles. The molecule has 2 unspecified atom stereocenters. The fraction of sp³-hybridized carbons (Fsp3) is 0.406. The molecule has 0 spiro atoms. The zero-order valence-corrected chi connectivity index (χ0v) is 27.6. The van der Waals surface area contributed by atoms with Gasteiger partial charge in [0.1, 0.15) is 23.4 Å². The molecule has 0 saturated heterocycles. The molecule has 1 amide bonds. The van der Waals surface area contributed by atoms with Crippen LogP contribution in [0, 0.1) is 5.92 Å². The Kier molecular flexibility index (Phi) is 13.2. The summed E-state index contributed by atoms with van der Waals surface area (Å²) in [5.41, 5.74) is 0.224. The Morgan fingerprint density at radius 3 is 2.44 bits per heavy atom. The van der Waals surface area contributed by atoms with Crippen molar-refractivity contribution in [1.29, 1.82) is 0 Å². The maximum atomic E-state index is 12.0. The van der Waals surface area contributed by atoms with Gasteiger partial charge in [-0.3, -0.25) is 4.79 Å². The van der Waals surface area contributed by atoms with Crippen molar-refractivity contribution in [3.8, 4) is 5.75 Å². The molecule has 1 saturated carbocycles. The van der Waals surface area contributed by atoms with Gasteiger partial charge < -0.3 is 30.3 Å². The van der Waals surface area contributed by atoms with Crippen LogP contribution < -0.4 is 20.5 Å². The predicted molar refractivity (Wildman–Crippen MR) is 175 cm³/mol. The highest BCUT2D eigenvalue weighted by molar-refractivity contribution is 7.89. The van der Waals surface area contributed by atoms with Crippen LogP contribution in [-0.4, -0.2) is 63.0 Å². The maximum absolute atomic E-state index is 12.0. The summed E-state index contributed by atoms with van der Waals surface area (Å²) in [5, 5.41) is 31.3. The number of sulfonamides is 1. The third-order valence-electron chi connectivity index (χ3n) is 7.22. The second-order valence-corrected chi connectivity index (χ2v) is 13.3. The van der Waals surface area contributed by atoms with E-state index in [2.05, 4.69) is 36.6 Å². The molecular weight excluding hydrogens is 641 g/mol. The van der Waals surface area contributed by atoms with E-state index in [1.165, 1.54) is 30.5 Å². The number of nitrogens with one attached hydrogen (secondary N) is 2. The first-order valence-electron chi connectivity index (χ1n) is 14.5. The Bertz CT molecular complexity index is 1540. The summed E-state index contributed by atoms with van der Waals surface area (Å²) in [6.07, 6.45) is 3.13. The summed E-state index contributed by atoms with van der Waals surface area (Å²) < 4.78 is 34.4. The van der Waals surface area contributed by atoms with Crippen molar-refractivity contribution in [3.63, 3.8) is 0 Å². The smallest absolute Gasteiger partial charge is 0.254 e. The molecule has 1 aliphatic heterocycles. The van der Waals surface area contributed by atoms with Crippen LogP contribution in [0.25, 0.3) is 0 Å². The number of carbonyl (C=O) groups excluding carboxylic acids is 1. The lowest BCUT2D eigenvalue weighted by atomic mass is 9.94. The minimum Gasteiger partial charge on any atom is -0.491 e. The number of ether oxygens (including phenoxy) is 2. The molecular formula is C32H41Cl2N3O7S. The second kappa shape index (κ2) is 16.2. The van der Waals surface area contributed by atoms with Crippen LogP contribution in [0.1, 0.15) is 53.7 Å². The minimum absolute atomic E-state index is 0. The lowest BCUT2D eigenvalue weighted by Gasteiger charge is -2.25. The third-order valence-corrected chi connectivity index (χ3v) is 8.62. The Morgan fingerprint density at radius 1 is 1.11 bits per heavy atom. The monoisotopic (exact) mass is 681 g/mol. The number of carbonyl (C=O) groups is 1. The van der Waals surface area contributed by atoms with Crippen LogP contribution in [0.4, 0.5) is 0 Å². The van der Waals surface area contributed by atoms with Crippen molar-refractivity contribution in [2.24, 2.45) is 11.1 Å². The van der Waals surface area contributed by atoms with E-state index in [1.807, 2.05) is 12.1 Å². The van der Waals surface area contributed by atoms with E-state index in [1.54, 1.807) is 24.3 Å². The van der Waals surface area contributed by atoms with E-state index < -0.39 is 27.8 Å². The van der Waals surface area contributed by atoms with Gasteiger partial charge in [-0.2, -0.15) is 0 Å². The van der Waals surface area contributed by atoms with Crippen LogP contribution in [0.15, 0.2) is 71.6 Å². The molecule has 0 bridgehead atoms. The minimum atomic E-state index is -4.06. The van der Waals surface area contributed by atoms with Crippen molar-refractivity contribution >= 4 is 39.9 Å². The van der Waals surface area contributed by atoms with Crippen molar-refractivity contribution in [1.82, 2.24) is 10.6 Å². The van der Waals surface area contributed by atoms with Crippen molar-refractivity contribution in [3.05, 3.63) is 94.0 Å². The number of rotatable bonds is 13. The summed E-state index contributed by atoms with van der Waals surface area (Å²) >= 11 is 5.83. The normalized spacial score (nSPS) is 17.9. The summed E-state index contributed by atoms with van der Waals surface area (Å²) in [6, 6.07) is 18.8. The Balaban J connectivity index is 0.000000240. The molecule has 246 valence electrons. The number of hydrogen-bond donors (Lipinski definition) is 5. The zero-order valence-electron chi connectivity index (χ0n) is 25.2. The Hall–Kier alpha value is -2.74. The van der Waals surface area contributed by atoms with Gasteiger partial charge in [0.15, 0.2) is 5.72 Å². The number of hydrogen-bond acceptors (Lipinski definition) is 8. The molecule has 10 nitrogen and oxygen atoms in total. The van der Waals surface area contributed by atoms with E-state index >= 15 is 0 Å². The average molecular weight is 683 g/mol. The fourth-order valence-electron chi connectivity index (χ4n) is 4.57. The summed E-state index contributed by atoms with van der Waals surface area (Å²) in [5.74, 6) is 1.17. The van der Waals surface area contributed by atoms with Gasteiger partial charge in [0.25, 0.3) is 5.91 Å². The van der Waals surface area contributed by atoms with Crippen molar-refractivity contribution in [2.75, 3.05) is 26.4 Å². The third kappa shape index (κ3) is 10.4. The van der Waals surface area contributed by atoms with Gasteiger partial charge in [0.2, 0.25) is 10.0 Å². The van der Waals surface area contributed by atoms with E-state index in [0.717, 1.165) is 37.4 Å². The topological polar surface area (TPSA) is 160 Å². The lowest BCUT2D eigenvalue weighted by molar-refractivity contribution is 0.0474. The summed E-state index contributed by atoms with van der Waals surface area (Å²) in [6.45, 7) is 6.68. The number of benzene rings is 3. The highest BCUT2D eigenvalue weighted by Crippen LogP contribution is 2.36. The molecule has 5 rings (SSSR count). The maximum Gasteiger partial charge on any atom is 0.254 e. The van der Waals surface area contributed by atoms with E-state index in [4.69, 9.17) is 26.2 Å². The van der Waals surface area contributed by atoms with Crippen molar-refractivity contribution < 1.29 is 32.9 Å². The number of fused-ring (bicyclic) bond motifs is 1. The van der Waals surface area contributed by atoms with Crippen LogP contribution in [0.2, 0.25) is 5.02 Å². The van der Waals surface area contributed by atoms with Crippen LogP contribution in [0.5, 0.6) is 5.75 Å². The predicted octanol–water partition coefficient (Wildman–Crippen LogP) is 3.74. The second-order valence-electron chi connectivity index (χ2n) is 11.3. The number of aliphatic hydroxyl groups is 2. The van der Waals surface area contributed by atoms with Gasteiger partial charge >= 0.3 is 0 Å². The Morgan fingerprint density at radius 2 is 1.80 bits per heavy atom. The first-order chi connectivity index (χ1) is 20.9. The van der Waals surface area contributed by atoms with Gasteiger partial charge in [0, 0.05) is 35.9 Å². The van der Waals surface area contributed by atoms with E-state index in [9.17, 15) is 23.4 Å². The van der Waals surface area contributed by atoms with Gasteiger partial charge in [0.05, 0.1) is 11.6 Å². The molecule has 1 aliphatic carbocycles. The molecule has 6 N–H and O–H groups in total. The van der Waals surface area contributed by atoms with Crippen molar-refractivity contribution in [2.45, 2.75) is 55.9 Å². The first-order valence-corrected chi connectivity index (χ1v) is 16.5. The van der Waals surface area contributed by atoms with Crippen LogP contribution in [0.3, 0.4) is 0 Å². The highest BCUT2D eigenvalue weighted by Gasteiger charge is 2.43. The number of aliphatic hydroxyl groups excluding tert-OH is 1. The summed E-state index contributed by atoms with van der Waals surface area (Å²) in [4.78, 5) is 11.6. The van der Waals surface area contributed by atoms with Crippen LogP contribution >= 0.6 is 24.0 Å². The van der Waals surface area contributed by atoms with Gasteiger partial charge in [-0.1, -0.05) is 61.8 Å². The first kappa shape index (κ1) is 36.7. The molecule has 0 aromatic heterocycles. The quantitative estimate of drug-likeness (QED) is 0.171. The number of nitrogens with two attached hydrogens (primary N) is 1. The molecule has 13 heteroatoms. The SMILES string of the molecule is CC(C)NCC(O)COc1ccc(CCOCC2CC2)cc1.Cl.NS(=O)(=O)c1cc(C2(O)NC(=O)c3ccccc32)ccc1Cl. The van der Waals surface area contributed by atoms with E-state index in [-0.39, 0.29) is 27.9 Å². The number of amides is 1. The average Bonchev–Trinajstić information content (AvgIpc) is 3.78. The fourth-order valence-corrected chi connectivity index (χ4v) is 5.64. The largest absolute Gasteiger partial charge is 0.491 e. The van der Waals surface area contributed by atoms with Gasteiger partial charge in [-0.15, -0.1) is 12.4 Å². The highest BCUT2D eigenvalue weighted by atomic mass is 35.5. The van der Waals surface area contributed by atoms with E-state index in [0.29, 0.717) is 30.3 Å². The molecule has 3 aromatic rings. The van der Waals surface area contributed by atoms with Gasteiger partial charge in [-0.25, -0.2) is 13.6 Å². The number of halogens is 2. The Labute approximate surface area is 275 Å². The molecule has 0 radical (unpaired) electrons. The molecule has 2 atom stereocenters. The standard InChI is InChI=1S/C18H29NO3.C14H11ClN2O4S.ClH/c1-14(2)19-11-17(20)13-22-18-7-5-15(6-8-18)9-10-21-12-16-3-4-16;15-11-6-5-8(7-12(11)22(16,20)21)14(19)10-4-2-1-3-9(10)13(18)17-14;/h5-8,14,16-17,19-20H,3-4,9-13H2,1-2H3;1-7,19H,(H,17,18)(H2,16,20,21);1H. The molecule has 1 fully saturated rings. The molecule has 45 heavy (non-hydrogen) atoms. The van der Waals surface area contributed by atoms with Crippen LogP contribution in [-0.2, 0) is 26.9 Å². The summed E-state index contributed by atoms with van der Waals surface area (Å²) in [7, 11) is -4.06. The molecule has 2 aliphatic rings. The molecule has 1 heterocycles. The zero-order chi connectivity index (χ0) is 31.9.